The first-order valence-electron chi connectivity index (χ1n) is 7.68. The molecule has 1 fully saturated rings. The SMILES string of the molecule is COc1cc(F)cc(C2(O)C(CN(C)C)CCC3C#CC32)c1. The number of nitrogens with zero attached hydrogens (tertiary/aromatic N) is 1. The van der Waals surface area contributed by atoms with E-state index in [1.807, 2.05) is 14.1 Å². The predicted octanol–water partition coefficient (Wildman–Crippen LogP) is 2.24. The van der Waals surface area contributed by atoms with Gasteiger partial charge >= 0.3 is 0 Å². The molecule has 0 spiro atoms. The van der Waals surface area contributed by atoms with Crippen molar-refractivity contribution in [3.63, 3.8) is 0 Å². The van der Waals surface area contributed by atoms with Crippen LogP contribution in [0.3, 0.4) is 0 Å². The highest BCUT2D eigenvalue weighted by molar-refractivity contribution is 5.40. The van der Waals surface area contributed by atoms with Crippen LogP contribution in [-0.2, 0) is 5.60 Å². The molecular formula is C18H22FNO2. The molecule has 0 aliphatic heterocycles. The molecule has 3 rings (SSSR count). The van der Waals surface area contributed by atoms with Gasteiger partial charge in [0.05, 0.1) is 13.0 Å². The van der Waals surface area contributed by atoms with Crippen LogP contribution >= 0.6 is 0 Å². The lowest BCUT2D eigenvalue weighted by Gasteiger charge is -2.50. The van der Waals surface area contributed by atoms with Crippen molar-refractivity contribution in [3.05, 3.63) is 29.6 Å². The number of hydrogen-bond donors (Lipinski definition) is 1. The van der Waals surface area contributed by atoms with Gasteiger partial charge in [-0.2, -0.15) is 0 Å². The van der Waals surface area contributed by atoms with E-state index in [1.54, 1.807) is 6.07 Å². The molecule has 2 aliphatic rings. The summed E-state index contributed by atoms with van der Waals surface area (Å²) in [5, 5.41) is 11.5. The molecule has 4 atom stereocenters. The smallest absolute Gasteiger partial charge is 0.127 e. The van der Waals surface area contributed by atoms with E-state index in [1.165, 1.54) is 19.2 Å². The van der Waals surface area contributed by atoms with E-state index < -0.39 is 5.60 Å². The van der Waals surface area contributed by atoms with Gasteiger partial charge in [0.1, 0.15) is 17.2 Å². The number of methoxy groups -OCH3 is 1. The summed E-state index contributed by atoms with van der Waals surface area (Å²) in [5.41, 5.74) is -0.534. The third kappa shape index (κ3) is 2.39. The summed E-state index contributed by atoms with van der Waals surface area (Å²) in [4.78, 5) is 2.07. The first-order valence-corrected chi connectivity index (χ1v) is 7.68. The largest absolute Gasteiger partial charge is 0.497 e. The molecule has 0 aromatic heterocycles. The maximum absolute atomic E-state index is 13.9. The van der Waals surface area contributed by atoms with E-state index in [0.29, 0.717) is 11.3 Å². The topological polar surface area (TPSA) is 32.7 Å². The van der Waals surface area contributed by atoms with Gasteiger partial charge in [-0.05, 0) is 44.6 Å². The molecule has 0 saturated heterocycles. The highest BCUT2D eigenvalue weighted by Crippen LogP contribution is 2.51. The average molecular weight is 303 g/mol. The lowest BCUT2D eigenvalue weighted by molar-refractivity contribution is -0.105. The molecular weight excluding hydrogens is 281 g/mol. The Morgan fingerprint density at radius 1 is 1.32 bits per heavy atom. The van der Waals surface area contributed by atoms with Crippen molar-refractivity contribution in [2.24, 2.45) is 17.8 Å². The Kier molecular flexibility index (Phi) is 3.88. The van der Waals surface area contributed by atoms with Crippen LogP contribution in [0.15, 0.2) is 18.2 Å². The predicted molar refractivity (Wildman–Crippen MR) is 82.9 cm³/mol. The zero-order valence-electron chi connectivity index (χ0n) is 13.3. The second-order valence-corrected chi connectivity index (χ2v) is 6.61. The number of rotatable bonds is 4. The molecule has 1 saturated carbocycles. The van der Waals surface area contributed by atoms with Crippen molar-refractivity contribution in [1.82, 2.24) is 4.90 Å². The summed E-state index contributed by atoms with van der Waals surface area (Å²) in [6.07, 6.45) is 1.90. The fourth-order valence-electron chi connectivity index (χ4n) is 3.79. The summed E-state index contributed by atoms with van der Waals surface area (Å²) in [7, 11) is 5.49. The van der Waals surface area contributed by atoms with Crippen LogP contribution in [0.2, 0.25) is 0 Å². The lowest BCUT2D eigenvalue weighted by Crippen LogP contribution is -2.53. The van der Waals surface area contributed by atoms with Crippen molar-refractivity contribution in [3.8, 4) is 17.6 Å². The Hall–Kier alpha value is -1.57. The maximum Gasteiger partial charge on any atom is 0.127 e. The fourth-order valence-corrected chi connectivity index (χ4v) is 3.79. The molecule has 4 unspecified atom stereocenters. The van der Waals surface area contributed by atoms with Crippen LogP contribution in [0.4, 0.5) is 4.39 Å². The van der Waals surface area contributed by atoms with Crippen LogP contribution in [0.5, 0.6) is 5.75 Å². The van der Waals surface area contributed by atoms with Gasteiger partial charge in [0.25, 0.3) is 0 Å². The van der Waals surface area contributed by atoms with Crippen LogP contribution < -0.4 is 4.74 Å². The summed E-state index contributed by atoms with van der Waals surface area (Å²) in [6, 6.07) is 4.50. The zero-order valence-corrected chi connectivity index (χ0v) is 13.3. The summed E-state index contributed by atoms with van der Waals surface area (Å²) in [5.74, 6) is 6.44. The molecule has 0 bridgehead atoms. The van der Waals surface area contributed by atoms with Gasteiger partial charge in [0.2, 0.25) is 0 Å². The number of aliphatic hydroxyl groups is 1. The minimum atomic E-state index is -1.12. The molecule has 22 heavy (non-hydrogen) atoms. The van der Waals surface area contributed by atoms with Crippen molar-refractivity contribution < 1.29 is 14.2 Å². The quantitative estimate of drug-likeness (QED) is 0.866. The Morgan fingerprint density at radius 2 is 2.09 bits per heavy atom. The Labute approximate surface area is 131 Å². The average Bonchev–Trinajstić information content (AvgIpc) is 2.42. The van der Waals surface area contributed by atoms with Crippen LogP contribution in [0.1, 0.15) is 18.4 Å². The molecule has 2 aliphatic carbocycles. The first kappa shape index (κ1) is 15.3. The standard InChI is InChI=1S/C18H22FNO2/c1-20(2)11-13-6-4-12-5-7-17(12)18(13,21)14-8-15(19)10-16(9-14)22-3/h8-10,12-13,17,21H,4,6,11H2,1-3H3. The molecule has 1 aromatic rings. The number of benzene rings is 1. The van der Waals surface area contributed by atoms with E-state index >= 15 is 0 Å². The van der Waals surface area contributed by atoms with Crippen LogP contribution in [0, 0.1) is 35.4 Å². The van der Waals surface area contributed by atoms with E-state index in [0.717, 1.165) is 19.4 Å². The lowest BCUT2D eigenvalue weighted by atomic mass is 9.58. The zero-order chi connectivity index (χ0) is 15.9. The minimum Gasteiger partial charge on any atom is -0.497 e. The van der Waals surface area contributed by atoms with E-state index in [2.05, 4.69) is 16.7 Å². The number of halogens is 1. The molecule has 0 heterocycles. The molecule has 3 nitrogen and oxygen atoms in total. The Morgan fingerprint density at radius 3 is 2.68 bits per heavy atom. The molecule has 0 amide bonds. The van der Waals surface area contributed by atoms with Gasteiger partial charge < -0.3 is 14.7 Å². The monoisotopic (exact) mass is 303 g/mol. The van der Waals surface area contributed by atoms with Crippen molar-refractivity contribution in [2.45, 2.75) is 18.4 Å². The summed E-state index contributed by atoms with van der Waals surface area (Å²) >= 11 is 0. The van der Waals surface area contributed by atoms with E-state index in [4.69, 9.17) is 4.74 Å². The van der Waals surface area contributed by atoms with Crippen LogP contribution in [0.25, 0.3) is 0 Å². The second-order valence-electron chi connectivity index (χ2n) is 6.61. The van der Waals surface area contributed by atoms with Crippen molar-refractivity contribution in [2.75, 3.05) is 27.7 Å². The molecule has 118 valence electrons. The van der Waals surface area contributed by atoms with Gasteiger partial charge in [-0.3, -0.25) is 0 Å². The van der Waals surface area contributed by atoms with E-state index in [-0.39, 0.29) is 23.6 Å². The van der Waals surface area contributed by atoms with E-state index in [9.17, 15) is 9.50 Å². The maximum atomic E-state index is 13.9. The minimum absolute atomic E-state index is 0.0323. The van der Waals surface area contributed by atoms with Gasteiger partial charge in [-0.25, -0.2) is 4.39 Å². The first-order chi connectivity index (χ1) is 10.4. The number of hydrogen-bond acceptors (Lipinski definition) is 3. The highest BCUT2D eigenvalue weighted by atomic mass is 19.1. The number of fused-ring (bicyclic) bond motifs is 1. The molecule has 0 radical (unpaired) electrons. The van der Waals surface area contributed by atoms with Gasteiger partial charge in [0.15, 0.2) is 0 Å². The molecule has 4 heteroatoms. The van der Waals surface area contributed by atoms with Crippen LogP contribution in [-0.4, -0.2) is 37.8 Å². The van der Waals surface area contributed by atoms with Crippen molar-refractivity contribution in [1.29, 1.82) is 0 Å². The van der Waals surface area contributed by atoms with Gasteiger partial charge in [-0.1, -0.05) is 11.8 Å². The Balaban J connectivity index is 2.05. The third-order valence-electron chi connectivity index (χ3n) is 4.90. The molecule has 1 aromatic carbocycles. The number of ether oxygens (including phenoxy) is 1. The van der Waals surface area contributed by atoms with Gasteiger partial charge in [-0.15, -0.1) is 0 Å². The molecule has 1 N–H and O–H groups in total. The third-order valence-corrected chi connectivity index (χ3v) is 4.90. The highest BCUT2D eigenvalue weighted by Gasteiger charge is 2.53. The normalized spacial score (nSPS) is 32.7. The summed E-state index contributed by atoms with van der Waals surface area (Å²) in [6.45, 7) is 0.750. The Bertz CT molecular complexity index is 634. The fraction of sp³-hybridized carbons (Fsp3) is 0.556. The second kappa shape index (κ2) is 5.57. The summed E-state index contributed by atoms with van der Waals surface area (Å²) < 4.78 is 19.1. The van der Waals surface area contributed by atoms with Crippen molar-refractivity contribution >= 4 is 0 Å². The van der Waals surface area contributed by atoms with Gasteiger partial charge in [0, 0.05) is 24.4 Å².